The molecule has 0 bridgehead atoms. The molecule has 1 N–H and O–H groups in total. The number of benzene rings is 1. The van der Waals surface area contributed by atoms with E-state index in [0.29, 0.717) is 18.7 Å². The van der Waals surface area contributed by atoms with Gasteiger partial charge in [0, 0.05) is 18.2 Å². The predicted octanol–water partition coefficient (Wildman–Crippen LogP) is 1.51. The van der Waals surface area contributed by atoms with E-state index < -0.39 is 9.84 Å². The molecule has 1 aromatic carbocycles. The van der Waals surface area contributed by atoms with Crippen LogP contribution in [-0.4, -0.2) is 37.5 Å². The first kappa shape index (κ1) is 14.8. The third-order valence-electron chi connectivity index (χ3n) is 3.68. The zero-order chi connectivity index (χ0) is 15.6. The van der Waals surface area contributed by atoms with Crippen LogP contribution in [-0.2, 0) is 9.84 Å². The molecule has 3 rings (SSSR count). The van der Waals surface area contributed by atoms with Crippen LogP contribution in [0.25, 0.3) is 11.3 Å². The standard InChI is InChI=1S/C15H16N2O4S/c18-15(16-9-11-6-7-22(19,20)10-11)13-8-14(21-17-13)12-4-2-1-3-5-12/h1-5,8,11H,6-7,9-10H2,(H,16,18). The molecular formula is C15H16N2O4S. The zero-order valence-electron chi connectivity index (χ0n) is 11.9. The molecule has 1 amide bonds. The number of amides is 1. The highest BCUT2D eigenvalue weighted by Gasteiger charge is 2.28. The Kier molecular flexibility index (Phi) is 3.98. The number of aromatic nitrogens is 1. The van der Waals surface area contributed by atoms with Gasteiger partial charge in [0.1, 0.15) is 0 Å². The van der Waals surface area contributed by atoms with Crippen molar-refractivity contribution in [2.45, 2.75) is 6.42 Å². The van der Waals surface area contributed by atoms with E-state index in [2.05, 4.69) is 10.5 Å². The summed E-state index contributed by atoms with van der Waals surface area (Å²) in [5, 5.41) is 6.48. The van der Waals surface area contributed by atoms with Crippen molar-refractivity contribution < 1.29 is 17.7 Å². The molecule has 0 radical (unpaired) electrons. The largest absolute Gasteiger partial charge is 0.355 e. The third kappa shape index (κ3) is 3.36. The number of hydrogen-bond donors (Lipinski definition) is 1. The van der Waals surface area contributed by atoms with E-state index in [4.69, 9.17) is 4.52 Å². The Morgan fingerprint density at radius 1 is 1.32 bits per heavy atom. The molecule has 1 atom stereocenters. The minimum atomic E-state index is -2.93. The van der Waals surface area contributed by atoms with Gasteiger partial charge in [0.25, 0.3) is 5.91 Å². The second-order valence-electron chi connectivity index (χ2n) is 5.42. The fourth-order valence-corrected chi connectivity index (χ4v) is 4.34. The summed E-state index contributed by atoms with van der Waals surface area (Å²) in [7, 11) is -2.93. The molecule has 0 spiro atoms. The lowest BCUT2D eigenvalue weighted by Crippen LogP contribution is -2.30. The van der Waals surface area contributed by atoms with Gasteiger partial charge in [-0.25, -0.2) is 8.42 Å². The minimum absolute atomic E-state index is 0.0190. The summed E-state index contributed by atoms with van der Waals surface area (Å²) >= 11 is 0. The van der Waals surface area contributed by atoms with E-state index in [-0.39, 0.29) is 29.0 Å². The summed E-state index contributed by atoms with van der Waals surface area (Å²) in [6, 6.07) is 11.0. The predicted molar refractivity (Wildman–Crippen MR) is 81.0 cm³/mol. The number of nitrogens with zero attached hydrogens (tertiary/aromatic N) is 1. The van der Waals surface area contributed by atoms with Gasteiger partial charge in [-0.15, -0.1) is 0 Å². The molecule has 6 nitrogen and oxygen atoms in total. The maximum absolute atomic E-state index is 12.0. The Labute approximate surface area is 128 Å². The van der Waals surface area contributed by atoms with Crippen LogP contribution in [0.3, 0.4) is 0 Å². The number of carbonyl (C=O) groups excluding carboxylic acids is 1. The van der Waals surface area contributed by atoms with Gasteiger partial charge in [-0.3, -0.25) is 4.79 Å². The monoisotopic (exact) mass is 320 g/mol. The Morgan fingerprint density at radius 3 is 2.77 bits per heavy atom. The van der Waals surface area contributed by atoms with E-state index >= 15 is 0 Å². The highest BCUT2D eigenvalue weighted by Crippen LogP contribution is 2.20. The molecule has 1 unspecified atom stereocenters. The van der Waals surface area contributed by atoms with Crippen LogP contribution in [0.2, 0.25) is 0 Å². The second kappa shape index (κ2) is 5.92. The molecule has 1 aromatic heterocycles. The Balaban J connectivity index is 1.60. The summed E-state index contributed by atoms with van der Waals surface area (Å²) in [6.07, 6.45) is 0.594. The summed E-state index contributed by atoms with van der Waals surface area (Å²) in [6.45, 7) is 0.339. The van der Waals surface area contributed by atoms with E-state index in [9.17, 15) is 13.2 Å². The van der Waals surface area contributed by atoms with Crippen molar-refractivity contribution in [3.8, 4) is 11.3 Å². The van der Waals surface area contributed by atoms with E-state index in [1.807, 2.05) is 30.3 Å². The highest BCUT2D eigenvalue weighted by molar-refractivity contribution is 7.91. The van der Waals surface area contributed by atoms with Crippen molar-refractivity contribution in [2.75, 3.05) is 18.1 Å². The number of carbonyl (C=O) groups is 1. The van der Waals surface area contributed by atoms with Gasteiger partial charge in [0.2, 0.25) is 0 Å². The summed E-state index contributed by atoms with van der Waals surface area (Å²) in [4.78, 5) is 12.0. The van der Waals surface area contributed by atoms with Crippen LogP contribution in [0.5, 0.6) is 0 Å². The summed E-state index contributed by atoms with van der Waals surface area (Å²) < 4.78 is 27.9. The SMILES string of the molecule is O=C(NCC1CCS(=O)(=O)C1)c1cc(-c2ccccc2)on1. The fourth-order valence-electron chi connectivity index (χ4n) is 2.48. The average Bonchev–Trinajstić information content (AvgIpc) is 3.12. The van der Waals surface area contributed by atoms with Crippen molar-refractivity contribution in [1.29, 1.82) is 0 Å². The third-order valence-corrected chi connectivity index (χ3v) is 5.52. The minimum Gasteiger partial charge on any atom is -0.355 e. The van der Waals surface area contributed by atoms with Crippen molar-refractivity contribution in [1.82, 2.24) is 10.5 Å². The summed E-state index contributed by atoms with van der Waals surface area (Å²) in [5.74, 6) is 0.496. The summed E-state index contributed by atoms with van der Waals surface area (Å²) in [5.41, 5.74) is 1.04. The van der Waals surface area contributed by atoms with Crippen LogP contribution in [0.15, 0.2) is 40.9 Å². The molecule has 22 heavy (non-hydrogen) atoms. The molecule has 0 aliphatic carbocycles. The maximum atomic E-state index is 12.0. The molecule has 0 saturated carbocycles. The second-order valence-corrected chi connectivity index (χ2v) is 7.65. The van der Waals surface area contributed by atoms with Gasteiger partial charge < -0.3 is 9.84 Å². The van der Waals surface area contributed by atoms with Gasteiger partial charge in [0.15, 0.2) is 21.3 Å². The Bertz CT molecular complexity index is 768. The van der Waals surface area contributed by atoms with Gasteiger partial charge in [0.05, 0.1) is 11.5 Å². The normalized spacial score (nSPS) is 19.9. The van der Waals surface area contributed by atoms with Crippen molar-refractivity contribution in [3.63, 3.8) is 0 Å². The highest BCUT2D eigenvalue weighted by atomic mass is 32.2. The molecule has 7 heteroatoms. The van der Waals surface area contributed by atoms with Crippen LogP contribution >= 0.6 is 0 Å². The lowest BCUT2D eigenvalue weighted by molar-refractivity contribution is 0.0939. The quantitative estimate of drug-likeness (QED) is 0.922. The van der Waals surface area contributed by atoms with Crippen LogP contribution in [0.4, 0.5) is 0 Å². The number of hydrogen-bond acceptors (Lipinski definition) is 5. The first-order valence-corrected chi connectivity index (χ1v) is 8.86. The number of nitrogens with one attached hydrogen (secondary N) is 1. The smallest absolute Gasteiger partial charge is 0.273 e. The topological polar surface area (TPSA) is 89.3 Å². The van der Waals surface area contributed by atoms with E-state index in [1.54, 1.807) is 6.07 Å². The van der Waals surface area contributed by atoms with Crippen molar-refractivity contribution in [2.24, 2.45) is 5.92 Å². The average molecular weight is 320 g/mol. The first-order valence-electron chi connectivity index (χ1n) is 7.04. The molecule has 1 saturated heterocycles. The molecule has 1 fully saturated rings. The van der Waals surface area contributed by atoms with Crippen molar-refractivity contribution >= 4 is 15.7 Å². The number of rotatable bonds is 4. The van der Waals surface area contributed by atoms with Crippen LogP contribution in [0.1, 0.15) is 16.9 Å². The zero-order valence-corrected chi connectivity index (χ0v) is 12.7. The van der Waals surface area contributed by atoms with E-state index in [0.717, 1.165) is 5.56 Å². The van der Waals surface area contributed by atoms with Crippen LogP contribution < -0.4 is 5.32 Å². The number of sulfone groups is 1. The molecule has 1 aliphatic heterocycles. The fraction of sp³-hybridized carbons (Fsp3) is 0.333. The molecular weight excluding hydrogens is 304 g/mol. The van der Waals surface area contributed by atoms with Gasteiger partial charge in [-0.05, 0) is 12.3 Å². The van der Waals surface area contributed by atoms with Gasteiger partial charge in [-0.1, -0.05) is 35.5 Å². The van der Waals surface area contributed by atoms with Crippen LogP contribution in [0, 0.1) is 5.92 Å². The lowest BCUT2D eigenvalue weighted by atomic mass is 10.1. The van der Waals surface area contributed by atoms with E-state index in [1.165, 1.54) is 0 Å². The lowest BCUT2D eigenvalue weighted by Gasteiger charge is -2.07. The first-order chi connectivity index (χ1) is 10.5. The Morgan fingerprint density at radius 2 is 2.09 bits per heavy atom. The molecule has 2 heterocycles. The Hall–Kier alpha value is -2.15. The molecule has 116 valence electrons. The maximum Gasteiger partial charge on any atom is 0.273 e. The molecule has 1 aliphatic rings. The van der Waals surface area contributed by atoms with Crippen molar-refractivity contribution in [3.05, 3.63) is 42.1 Å². The van der Waals surface area contributed by atoms with Gasteiger partial charge >= 0.3 is 0 Å². The van der Waals surface area contributed by atoms with Gasteiger partial charge in [-0.2, -0.15) is 0 Å². The molecule has 2 aromatic rings.